The largest absolute Gasteiger partial charge is 0.243 e. The van der Waals surface area contributed by atoms with Gasteiger partial charge in [-0.05, 0) is 30.4 Å². The normalized spacial score (nSPS) is 15.1. The van der Waals surface area contributed by atoms with Crippen molar-refractivity contribution in [1.82, 2.24) is 4.98 Å². The molecule has 0 saturated heterocycles. The lowest BCUT2D eigenvalue weighted by Crippen LogP contribution is -1.87. The van der Waals surface area contributed by atoms with E-state index in [4.69, 9.17) is 23.2 Å². The first-order valence-electron chi connectivity index (χ1n) is 3.61. The van der Waals surface area contributed by atoms with Gasteiger partial charge >= 0.3 is 0 Å². The molecule has 0 bridgehead atoms. The van der Waals surface area contributed by atoms with Crippen LogP contribution in [0, 0.1) is 0 Å². The van der Waals surface area contributed by atoms with E-state index < -0.39 is 0 Å². The van der Waals surface area contributed by atoms with Crippen LogP contribution in [0.4, 0.5) is 0 Å². The molecular weight excluding hydrogens is 181 g/mol. The van der Waals surface area contributed by atoms with Crippen LogP contribution in [0.25, 0.3) is 0 Å². The maximum absolute atomic E-state index is 5.94. The Balaban J connectivity index is 2.62. The first kappa shape index (κ1) is 7.38. The second-order valence-corrected chi connectivity index (χ2v) is 3.46. The minimum absolute atomic E-state index is 0.437. The van der Waals surface area contributed by atoms with Gasteiger partial charge in [-0.15, -0.1) is 0 Å². The van der Waals surface area contributed by atoms with Crippen molar-refractivity contribution >= 4 is 23.2 Å². The monoisotopic (exact) mass is 187 g/mol. The van der Waals surface area contributed by atoms with Crippen molar-refractivity contribution in [2.45, 2.75) is 19.3 Å². The van der Waals surface area contributed by atoms with E-state index in [0.29, 0.717) is 10.2 Å². The van der Waals surface area contributed by atoms with Crippen LogP contribution in [0.2, 0.25) is 10.2 Å². The van der Waals surface area contributed by atoms with Gasteiger partial charge in [0, 0.05) is 6.20 Å². The van der Waals surface area contributed by atoms with Crippen molar-refractivity contribution < 1.29 is 0 Å². The smallest absolute Gasteiger partial charge is 0.147 e. The molecule has 1 heterocycles. The molecule has 1 aromatic heterocycles. The predicted molar refractivity (Wildman–Crippen MR) is 46.3 cm³/mol. The van der Waals surface area contributed by atoms with Crippen LogP contribution < -0.4 is 0 Å². The predicted octanol–water partition coefficient (Wildman–Crippen LogP) is 2.88. The fraction of sp³-hybridized carbons (Fsp3) is 0.375. The number of aryl methyl sites for hydroxylation is 1. The molecular formula is C8H7Cl2N. The van der Waals surface area contributed by atoms with Crippen molar-refractivity contribution in [2.75, 3.05) is 0 Å². The van der Waals surface area contributed by atoms with Gasteiger partial charge in [-0.1, -0.05) is 23.2 Å². The average molecular weight is 188 g/mol. The molecule has 0 atom stereocenters. The number of halogens is 2. The van der Waals surface area contributed by atoms with Gasteiger partial charge in [0.2, 0.25) is 0 Å². The summed E-state index contributed by atoms with van der Waals surface area (Å²) < 4.78 is 0. The molecule has 1 nitrogen and oxygen atoms in total. The first-order valence-corrected chi connectivity index (χ1v) is 4.36. The van der Waals surface area contributed by atoms with E-state index in [0.717, 1.165) is 12.8 Å². The van der Waals surface area contributed by atoms with Gasteiger partial charge in [-0.3, -0.25) is 0 Å². The topological polar surface area (TPSA) is 12.9 Å². The molecule has 0 amide bonds. The maximum atomic E-state index is 5.94. The summed E-state index contributed by atoms with van der Waals surface area (Å²) in [6.07, 6.45) is 5.16. The summed E-state index contributed by atoms with van der Waals surface area (Å²) in [5.74, 6) is 0. The highest BCUT2D eigenvalue weighted by Gasteiger charge is 2.16. The zero-order chi connectivity index (χ0) is 7.84. The summed E-state index contributed by atoms with van der Waals surface area (Å²) in [4.78, 5) is 3.98. The molecule has 0 aromatic carbocycles. The molecule has 0 N–H and O–H groups in total. The van der Waals surface area contributed by atoms with Crippen LogP contribution in [0.1, 0.15) is 17.5 Å². The molecule has 0 saturated carbocycles. The Hall–Kier alpha value is -0.270. The lowest BCUT2D eigenvalue weighted by atomic mass is 10.2. The van der Waals surface area contributed by atoms with Crippen LogP contribution >= 0.6 is 23.2 Å². The van der Waals surface area contributed by atoms with E-state index in [1.165, 1.54) is 17.5 Å². The Morgan fingerprint density at radius 3 is 2.91 bits per heavy atom. The van der Waals surface area contributed by atoms with Crippen LogP contribution in [-0.2, 0) is 12.8 Å². The molecule has 0 radical (unpaired) electrons. The summed E-state index contributed by atoms with van der Waals surface area (Å²) in [5, 5.41) is 1.09. The van der Waals surface area contributed by atoms with E-state index in [1.807, 2.05) is 6.20 Å². The van der Waals surface area contributed by atoms with Gasteiger partial charge in [0.05, 0.1) is 5.02 Å². The summed E-state index contributed by atoms with van der Waals surface area (Å²) in [5.41, 5.74) is 2.46. The highest BCUT2D eigenvalue weighted by molar-refractivity contribution is 6.41. The van der Waals surface area contributed by atoms with Gasteiger partial charge < -0.3 is 0 Å². The number of hydrogen-bond donors (Lipinski definition) is 0. The molecule has 2 rings (SSSR count). The Morgan fingerprint density at radius 1 is 1.27 bits per heavy atom. The molecule has 0 fully saturated rings. The van der Waals surface area contributed by atoms with E-state index in [1.54, 1.807) is 0 Å². The van der Waals surface area contributed by atoms with Crippen molar-refractivity contribution in [3.8, 4) is 0 Å². The lowest BCUT2D eigenvalue weighted by molar-refractivity contribution is 0.911. The molecule has 0 aliphatic heterocycles. The first-order chi connectivity index (χ1) is 5.29. The SMILES string of the molecule is Clc1ncc2c(c1Cl)CCC2. The number of rotatable bonds is 0. The molecule has 0 spiro atoms. The Kier molecular flexibility index (Phi) is 1.78. The highest BCUT2D eigenvalue weighted by Crippen LogP contribution is 2.31. The third kappa shape index (κ3) is 1.13. The van der Waals surface area contributed by atoms with Crippen molar-refractivity contribution in [1.29, 1.82) is 0 Å². The third-order valence-electron chi connectivity index (χ3n) is 2.04. The second-order valence-electron chi connectivity index (χ2n) is 2.72. The van der Waals surface area contributed by atoms with Gasteiger partial charge in [0.15, 0.2) is 0 Å². The molecule has 0 unspecified atom stereocenters. The zero-order valence-corrected chi connectivity index (χ0v) is 7.41. The molecule has 3 heteroatoms. The van der Waals surface area contributed by atoms with Crippen LogP contribution in [0.3, 0.4) is 0 Å². The van der Waals surface area contributed by atoms with Crippen LogP contribution in [0.15, 0.2) is 6.20 Å². The van der Waals surface area contributed by atoms with Gasteiger partial charge in [-0.2, -0.15) is 0 Å². The third-order valence-corrected chi connectivity index (χ3v) is 2.83. The summed E-state index contributed by atoms with van der Waals surface area (Å²) >= 11 is 11.7. The van der Waals surface area contributed by atoms with Crippen LogP contribution in [0.5, 0.6) is 0 Å². The summed E-state index contributed by atoms with van der Waals surface area (Å²) in [6, 6.07) is 0. The summed E-state index contributed by atoms with van der Waals surface area (Å²) in [7, 11) is 0. The Morgan fingerprint density at radius 2 is 2.09 bits per heavy atom. The second kappa shape index (κ2) is 2.65. The van der Waals surface area contributed by atoms with E-state index in [9.17, 15) is 0 Å². The lowest BCUT2D eigenvalue weighted by Gasteiger charge is -2.01. The maximum Gasteiger partial charge on any atom is 0.147 e. The number of nitrogens with zero attached hydrogens (tertiary/aromatic N) is 1. The Labute approximate surface area is 75.3 Å². The highest BCUT2D eigenvalue weighted by atomic mass is 35.5. The molecule has 11 heavy (non-hydrogen) atoms. The fourth-order valence-corrected chi connectivity index (χ4v) is 1.90. The number of fused-ring (bicyclic) bond motifs is 1. The molecule has 1 aliphatic rings. The fourth-order valence-electron chi connectivity index (χ4n) is 1.48. The number of pyridine rings is 1. The van der Waals surface area contributed by atoms with Gasteiger partial charge in [0.25, 0.3) is 0 Å². The standard InChI is InChI=1S/C8H7Cl2N/c9-7-6-3-1-2-5(6)4-11-8(7)10/h4H,1-3H2. The summed E-state index contributed by atoms with van der Waals surface area (Å²) in [6.45, 7) is 0. The van der Waals surface area contributed by atoms with Gasteiger partial charge in [0.1, 0.15) is 5.15 Å². The Bertz CT molecular complexity index is 296. The van der Waals surface area contributed by atoms with E-state index in [-0.39, 0.29) is 0 Å². The minimum Gasteiger partial charge on any atom is -0.243 e. The average Bonchev–Trinajstić information content (AvgIpc) is 2.45. The minimum atomic E-state index is 0.437. The zero-order valence-electron chi connectivity index (χ0n) is 5.90. The van der Waals surface area contributed by atoms with Crippen molar-refractivity contribution in [3.05, 3.63) is 27.5 Å². The van der Waals surface area contributed by atoms with Crippen LogP contribution in [-0.4, -0.2) is 4.98 Å². The molecule has 58 valence electrons. The molecule has 1 aliphatic carbocycles. The van der Waals surface area contributed by atoms with Crippen molar-refractivity contribution in [3.63, 3.8) is 0 Å². The number of aromatic nitrogens is 1. The van der Waals surface area contributed by atoms with Gasteiger partial charge in [-0.25, -0.2) is 4.98 Å². The molecule has 1 aromatic rings. The van der Waals surface area contributed by atoms with E-state index >= 15 is 0 Å². The van der Waals surface area contributed by atoms with E-state index in [2.05, 4.69) is 4.98 Å². The van der Waals surface area contributed by atoms with Crippen molar-refractivity contribution in [2.24, 2.45) is 0 Å². The quantitative estimate of drug-likeness (QED) is 0.570. The number of hydrogen-bond acceptors (Lipinski definition) is 1.